The van der Waals surface area contributed by atoms with Crippen LogP contribution in [0.4, 0.5) is 0 Å². The molecule has 7 heteroatoms. The highest BCUT2D eigenvalue weighted by Gasteiger charge is 2.52. The Morgan fingerprint density at radius 2 is 0.738 bits per heavy atom. The highest BCUT2D eigenvalue weighted by Crippen LogP contribution is 2.33. The molecule has 2 N–H and O–H groups in total. The molecule has 1 aliphatic rings. The summed E-state index contributed by atoms with van der Waals surface area (Å²) in [5.41, 5.74) is 3.77. The van der Waals surface area contributed by atoms with Gasteiger partial charge in [0.1, 0.15) is 42.4 Å². The molecule has 0 bridgehead atoms. The molecular weight excluding hydrogens is 532 g/mol. The van der Waals surface area contributed by atoms with Gasteiger partial charge in [0.15, 0.2) is 0 Å². The van der Waals surface area contributed by atoms with Crippen molar-refractivity contribution in [2.75, 3.05) is 7.11 Å². The monoisotopic (exact) mass is 570 g/mol. The lowest BCUT2D eigenvalue weighted by Gasteiger charge is -2.47. The van der Waals surface area contributed by atoms with Gasteiger partial charge in [0.25, 0.3) is 0 Å². The Morgan fingerprint density at radius 3 is 1.07 bits per heavy atom. The summed E-state index contributed by atoms with van der Waals surface area (Å²) < 4.78 is 30.9. The van der Waals surface area contributed by atoms with Crippen LogP contribution in [0.5, 0.6) is 5.75 Å². The second kappa shape index (κ2) is 15.1. The molecular formula is C35H38O7. The number of rotatable bonds is 13. The van der Waals surface area contributed by atoms with Gasteiger partial charge in [0, 0.05) is 0 Å². The molecule has 6 atom stereocenters. The maximum atomic E-state index is 11.4. The molecule has 3 unspecified atom stereocenters. The van der Waals surface area contributed by atoms with Crippen LogP contribution in [0.15, 0.2) is 115 Å². The summed E-state index contributed by atoms with van der Waals surface area (Å²) in [5.74, 6) is 0.748. The normalized spacial score (nSPS) is 23.9. The molecule has 0 aliphatic heterocycles. The first-order valence-corrected chi connectivity index (χ1v) is 14.2. The van der Waals surface area contributed by atoms with Crippen LogP contribution in [0.1, 0.15) is 22.3 Å². The van der Waals surface area contributed by atoms with Crippen molar-refractivity contribution < 1.29 is 33.9 Å². The predicted molar refractivity (Wildman–Crippen MR) is 159 cm³/mol. The number of benzene rings is 4. The highest BCUT2D eigenvalue weighted by atomic mass is 16.6. The van der Waals surface area contributed by atoms with Gasteiger partial charge in [-0.3, -0.25) is 0 Å². The number of methoxy groups -OCH3 is 1. The molecule has 0 radical (unpaired) electrons. The molecule has 220 valence electrons. The van der Waals surface area contributed by atoms with Gasteiger partial charge in [-0.1, -0.05) is 103 Å². The van der Waals surface area contributed by atoms with Crippen LogP contribution >= 0.6 is 0 Å². The summed E-state index contributed by atoms with van der Waals surface area (Å²) >= 11 is 0. The lowest BCUT2D eigenvalue weighted by molar-refractivity contribution is -0.273. The third-order valence-corrected chi connectivity index (χ3v) is 7.45. The number of hydrogen-bond donors (Lipinski definition) is 2. The molecule has 5 rings (SSSR count). The van der Waals surface area contributed by atoms with Crippen molar-refractivity contribution in [2.45, 2.75) is 63.1 Å². The van der Waals surface area contributed by atoms with Gasteiger partial charge in [-0.25, -0.2) is 0 Å². The Hall–Kier alpha value is -3.56. The van der Waals surface area contributed by atoms with Crippen molar-refractivity contribution in [3.8, 4) is 5.75 Å². The van der Waals surface area contributed by atoms with Crippen molar-refractivity contribution in [2.24, 2.45) is 0 Å². The first-order valence-electron chi connectivity index (χ1n) is 14.2. The van der Waals surface area contributed by atoms with Gasteiger partial charge < -0.3 is 33.9 Å². The van der Waals surface area contributed by atoms with E-state index in [1.807, 2.05) is 115 Å². The predicted octanol–water partition coefficient (Wildman–Crippen LogP) is 5.07. The van der Waals surface area contributed by atoms with Crippen molar-refractivity contribution in [1.29, 1.82) is 0 Å². The summed E-state index contributed by atoms with van der Waals surface area (Å²) in [4.78, 5) is 0. The largest absolute Gasteiger partial charge is 0.497 e. The van der Waals surface area contributed by atoms with Gasteiger partial charge in [0.05, 0.1) is 33.5 Å². The first kappa shape index (κ1) is 29.9. The number of aliphatic hydroxyl groups is 2. The van der Waals surface area contributed by atoms with E-state index >= 15 is 0 Å². The lowest BCUT2D eigenvalue weighted by Crippen LogP contribution is -2.66. The zero-order valence-electron chi connectivity index (χ0n) is 23.7. The lowest BCUT2D eigenvalue weighted by atomic mass is 9.84. The average molecular weight is 571 g/mol. The smallest absolute Gasteiger partial charge is 0.118 e. The van der Waals surface area contributed by atoms with Crippen LogP contribution < -0.4 is 4.74 Å². The van der Waals surface area contributed by atoms with E-state index in [0.29, 0.717) is 0 Å². The van der Waals surface area contributed by atoms with Gasteiger partial charge >= 0.3 is 0 Å². The molecule has 1 aliphatic carbocycles. The molecule has 1 fully saturated rings. The van der Waals surface area contributed by atoms with Crippen LogP contribution in [0.3, 0.4) is 0 Å². The minimum atomic E-state index is -1.27. The molecule has 0 saturated heterocycles. The van der Waals surface area contributed by atoms with Crippen molar-refractivity contribution in [1.82, 2.24) is 0 Å². The molecule has 7 nitrogen and oxygen atoms in total. The summed E-state index contributed by atoms with van der Waals surface area (Å²) in [7, 11) is 1.62. The van der Waals surface area contributed by atoms with E-state index in [1.54, 1.807) is 7.11 Å². The highest BCUT2D eigenvalue weighted by molar-refractivity contribution is 5.27. The Labute approximate surface area is 247 Å². The van der Waals surface area contributed by atoms with Crippen molar-refractivity contribution in [3.63, 3.8) is 0 Å². The van der Waals surface area contributed by atoms with Gasteiger partial charge in [0.2, 0.25) is 0 Å². The van der Waals surface area contributed by atoms with Gasteiger partial charge in [-0.15, -0.1) is 0 Å². The van der Waals surface area contributed by atoms with Crippen LogP contribution in [-0.4, -0.2) is 53.9 Å². The minimum absolute atomic E-state index is 0.235. The summed E-state index contributed by atoms with van der Waals surface area (Å²) in [6, 6.07) is 36.8. The van der Waals surface area contributed by atoms with Crippen LogP contribution in [0.2, 0.25) is 0 Å². The third kappa shape index (κ3) is 7.83. The minimum Gasteiger partial charge on any atom is -0.497 e. The maximum absolute atomic E-state index is 11.4. The first-order chi connectivity index (χ1) is 20.6. The molecule has 4 aromatic rings. The van der Waals surface area contributed by atoms with Gasteiger partial charge in [-0.2, -0.15) is 0 Å². The van der Waals surface area contributed by atoms with E-state index in [2.05, 4.69) is 0 Å². The van der Waals surface area contributed by atoms with E-state index in [1.165, 1.54) is 0 Å². The fourth-order valence-electron chi connectivity index (χ4n) is 5.13. The summed E-state index contributed by atoms with van der Waals surface area (Å²) in [5, 5.41) is 22.8. The molecule has 0 spiro atoms. The Morgan fingerprint density at radius 1 is 0.429 bits per heavy atom. The second-order valence-electron chi connectivity index (χ2n) is 10.4. The summed E-state index contributed by atoms with van der Waals surface area (Å²) in [6.45, 7) is 0.979. The maximum Gasteiger partial charge on any atom is 0.118 e. The standard InChI is InChI=1S/C35H38O7/c1-38-29-19-17-28(18-20-29)24-42-35-33(40-22-26-13-7-3-8-14-26)31(37)30(36)32(39-21-25-11-5-2-6-12-25)34(35)41-23-27-15-9-4-10-16-27/h2-20,30-37H,21-24H2,1H3/t30?,31-,32+,33?,34+,35?/m0/s1. The molecule has 4 aromatic carbocycles. The molecule has 0 aromatic heterocycles. The average Bonchev–Trinajstić information content (AvgIpc) is 3.05. The molecule has 42 heavy (non-hydrogen) atoms. The fraction of sp³-hybridized carbons (Fsp3) is 0.314. The van der Waals surface area contributed by atoms with Gasteiger partial charge in [-0.05, 0) is 34.4 Å². The quantitative estimate of drug-likeness (QED) is 0.232. The van der Waals surface area contributed by atoms with E-state index in [-0.39, 0.29) is 26.4 Å². The van der Waals surface area contributed by atoms with E-state index in [0.717, 1.165) is 28.0 Å². The SMILES string of the molecule is COc1ccc(COC2C(OCc3ccccc3)[C@@H](O)C(O)[C@@H](OCc3ccccc3)[C@H]2OCc2ccccc2)cc1. The number of aliphatic hydroxyl groups excluding tert-OH is 2. The van der Waals surface area contributed by atoms with Crippen LogP contribution in [0, 0.1) is 0 Å². The van der Waals surface area contributed by atoms with E-state index in [9.17, 15) is 10.2 Å². The molecule has 0 amide bonds. The molecule has 1 saturated carbocycles. The Kier molecular flexibility index (Phi) is 10.7. The van der Waals surface area contributed by atoms with Crippen LogP contribution in [-0.2, 0) is 45.4 Å². The third-order valence-electron chi connectivity index (χ3n) is 7.45. The van der Waals surface area contributed by atoms with Crippen LogP contribution in [0.25, 0.3) is 0 Å². The van der Waals surface area contributed by atoms with Crippen molar-refractivity contribution >= 4 is 0 Å². The zero-order valence-corrected chi connectivity index (χ0v) is 23.7. The topological polar surface area (TPSA) is 86.6 Å². The second-order valence-corrected chi connectivity index (χ2v) is 10.4. The Bertz CT molecular complexity index is 1320. The van der Waals surface area contributed by atoms with E-state index < -0.39 is 36.6 Å². The Balaban J connectivity index is 1.42. The van der Waals surface area contributed by atoms with Crippen molar-refractivity contribution in [3.05, 3.63) is 138 Å². The summed E-state index contributed by atoms with van der Waals surface area (Å²) in [6.07, 6.45) is -5.79. The van der Waals surface area contributed by atoms with E-state index in [4.69, 9.17) is 23.7 Å². The zero-order chi connectivity index (χ0) is 29.1. The number of hydrogen-bond acceptors (Lipinski definition) is 7. The fourth-order valence-corrected chi connectivity index (χ4v) is 5.13. The number of ether oxygens (including phenoxy) is 5. The molecule has 0 heterocycles.